The molecule has 0 bridgehead atoms. The minimum Gasteiger partial charge on any atom is -0.395 e. The summed E-state index contributed by atoms with van der Waals surface area (Å²) in [7, 11) is 0. The second-order valence-corrected chi connectivity index (χ2v) is 4.77. The molecule has 1 fully saturated rings. The van der Waals surface area contributed by atoms with Crippen molar-refractivity contribution in [3.63, 3.8) is 0 Å². The molecule has 14 heavy (non-hydrogen) atoms. The van der Waals surface area contributed by atoms with Crippen molar-refractivity contribution in [2.45, 2.75) is 25.7 Å². The van der Waals surface area contributed by atoms with Crippen LogP contribution in [0.3, 0.4) is 0 Å². The summed E-state index contributed by atoms with van der Waals surface area (Å²) in [6.45, 7) is 2.14. The first-order chi connectivity index (χ1) is 6.74. The zero-order valence-electron chi connectivity index (χ0n) is 8.26. The summed E-state index contributed by atoms with van der Waals surface area (Å²) in [5, 5.41) is 9.15. The molecule has 1 saturated carbocycles. The third-order valence-electron chi connectivity index (χ3n) is 2.74. The van der Waals surface area contributed by atoms with Crippen molar-refractivity contribution in [1.82, 2.24) is 0 Å². The van der Waals surface area contributed by atoms with Crippen LogP contribution >= 0.6 is 15.9 Å². The molecule has 0 amide bonds. The van der Waals surface area contributed by atoms with E-state index in [0.29, 0.717) is 5.92 Å². The fourth-order valence-electron chi connectivity index (χ4n) is 1.78. The van der Waals surface area contributed by atoms with Gasteiger partial charge in [0.25, 0.3) is 0 Å². The molecule has 0 saturated heterocycles. The highest BCUT2D eigenvalue weighted by atomic mass is 79.9. The second kappa shape index (κ2) is 4.03. The minimum absolute atomic E-state index is 0.149. The first-order valence-electron chi connectivity index (χ1n) is 4.96. The van der Waals surface area contributed by atoms with E-state index in [0.717, 1.165) is 5.92 Å². The van der Waals surface area contributed by atoms with E-state index in [9.17, 15) is 0 Å². The normalized spacial score (nSPS) is 16.3. The molecule has 1 nitrogen and oxygen atoms in total. The monoisotopic (exact) mass is 253 g/mol. The van der Waals surface area contributed by atoms with Gasteiger partial charge in [-0.05, 0) is 36.0 Å². The number of aliphatic hydroxyl groups excluding tert-OH is 1. The van der Waals surface area contributed by atoms with Crippen molar-refractivity contribution in [2.24, 2.45) is 0 Å². The van der Waals surface area contributed by atoms with E-state index in [-0.39, 0.29) is 6.61 Å². The molecule has 1 N–H and O–H groups in total. The molecule has 1 radical (unpaired) electrons. The fraction of sp³-hybridized carbons (Fsp3) is 0.417. The number of aliphatic hydroxyl groups is 1. The summed E-state index contributed by atoms with van der Waals surface area (Å²) >= 11 is 3.59. The minimum atomic E-state index is 0.149. The Morgan fingerprint density at radius 1 is 1.50 bits per heavy atom. The van der Waals surface area contributed by atoms with E-state index in [1.165, 1.54) is 28.4 Å². The van der Waals surface area contributed by atoms with Gasteiger partial charge in [-0.1, -0.05) is 35.0 Å². The van der Waals surface area contributed by atoms with Crippen molar-refractivity contribution >= 4 is 15.9 Å². The molecule has 0 aromatic heterocycles. The zero-order chi connectivity index (χ0) is 10.1. The summed E-state index contributed by atoms with van der Waals surface area (Å²) in [5.74, 6) is 1.77. The van der Waals surface area contributed by atoms with Gasteiger partial charge in [-0.15, -0.1) is 0 Å². The van der Waals surface area contributed by atoms with Crippen LogP contribution < -0.4 is 0 Å². The van der Waals surface area contributed by atoms with Gasteiger partial charge in [0.15, 0.2) is 0 Å². The van der Waals surface area contributed by atoms with Gasteiger partial charge in [0.1, 0.15) is 0 Å². The molecule has 1 aromatic carbocycles. The van der Waals surface area contributed by atoms with E-state index < -0.39 is 0 Å². The Labute approximate surface area is 93.3 Å². The van der Waals surface area contributed by atoms with E-state index in [1.54, 1.807) is 0 Å². The first kappa shape index (κ1) is 10.2. The Kier molecular flexibility index (Phi) is 2.93. The number of hydrogen-bond acceptors (Lipinski definition) is 1. The molecule has 0 heterocycles. The lowest BCUT2D eigenvalue weighted by Crippen LogP contribution is -2.04. The van der Waals surface area contributed by atoms with Crippen LogP contribution in [-0.2, 0) is 0 Å². The van der Waals surface area contributed by atoms with E-state index >= 15 is 0 Å². The predicted molar refractivity (Wildman–Crippen MR) is 61.2 cm³/mol. The zero-order valence-corrected chi connectivity index (χ0v) is 9.84. The molecule has 0 spiro atoms. The standard InChI is InChI=1S/C12H14BrO/c1-8(7-14)10-3-2-4-11(13)12(10)9-5-6-9/h2-4,9,14H,5-7H2,1H3. The summed E-state index contributed by atoms with van der Waals surface area (Å²) in [6.07, 6.45) is 2.57. The Balaban J connectivity index is 2.41. The Hall–Kier alpha value is -0.340. The van der Waals surface area contributed by atoms with Crippen LogP contribution in [0.25, 0.3) is 0 Å². The summed E-state index contributed by atoms with van der Waals surface area (Å²) in [6, 6.07) is 6.22. The maximum atomic E-state index is 9.15. The van der Waals surface area contributed by atoms with Crippen LogP contribution in [0.4, 0.5) is 0 Å². The van der Waals surface area contributed by atoms with Gasteiger partial charge in [0, 0.05) is 10.4 Å². The lowest BCUT2D eigenvalue weighted by Gasteiger charge is -2.14. The second-order valence-electron chi connectivity index (χ2n) is 3.91. The highest BCUT2D eigenvalue weighted by molar-refractivity contribution is 9.10. The Morgan fingerprint density at radius 3 is 2.79 bits per heavy atom. The van der Waals surface area contributed by atoms with Gasteiger partial charge in [-0.3, -0.25) is 0 Å². The molecule has 2 heteroatoms. The summed E-state index contributed by atoms with van der Waals surface area (Å²) < 4.78 is 1.19. The summed E-state index contributed by atoms with van der Waals surface area (Å²) in [4.78, 5) is 0. The van der Waals surface area contributed by atoms with Crippen molar-refractivity contribution in [3.05, 3.63) is 39.7 Å². The van der Waals surface area contributed by atoms with Gasteiger partial charge >= 0.3 is 0 Å². The molecule has 1 aliphatic carbocycles. The Morgan fingerprint density at radius 2 is 2.21 bits per heavy atom. The molecule has 75 valence electrons. The number of hydrogen-bond donors (Lipinski definition) is 1. The van der Waals surface area contributed by atoms with Crippen LogP contribution in [-0.4, -0.2) is 11.7 Å². The van der Waals surface area contributed by atoms with Gasteiger partial charge in [-0.25, -0.2) is 0 Å². The lowest BCUT2D eigenvalue weighted by molar-refractivity contribution is 0.314. The van der Waals surface area contributed by atoms with Crippen molar-refractivity contribution < 1.29 is 5.11 Å². The highest BCUT2D eigenvalue weighted by Crippen LogP contribution is 2.46. The molecule has 0 atom stereocenters. The average molecular weight is 254 g/mol. The Bertz CT molecular complexity index is 331. The SMILES string of the molecule is C[C](CO)c1cccc(Br)c1C1CC1. The van der Waals surface area contributed by atoms with E-state index in [2.05, 4.69) is 28.1 Å². The van der Waals surface area contributed by atoms with Gasteiger partial charge in [0.2, 0.25) is 0 Å². The third-order valence-corrected chi connectivity index (χ3v) is 3.43. The van der Waals surface area contributed by atoms with Gasteiger partial charge < -0.3 is 5.11 Å². The first-order valence-corrected chi connectivity index (χ1v) is 5.75. The molecule has 1 aliphatic rings. The van der Waals surface area contributed by atoms with Gasteiger partial charge in [0.05, 0.1) is 6.61 Å². The van der Waals surface area contributed by atoms with Crippen LogP contribution in [0.15, 0.2) is 22.7 Å². The van der Waals surface area contributed by atoms with Crippen LogP contribution in [0.1, 0.15) is 36.8 Å². The van der Waals surface area contributed by atoms with Gasteiger partial charge in [-0.2, -0.15) is 0 Å². The summed E-state index contributed by atoms with van der Waals surface area (Å²) in [5.41, 5.74) is 2.61. The van der Waals surface area contributed by atoms with E-state index in [4.69, 9.17) is 5.11 Å². The topological polar surface area (TPSA) is 20.2 Å². The van der Waals surface area contributed by atoms with Crippen molar-refractivity contribution in [3.8, 4) is 0 Å². The van der Waals surface area contributed by atoms with Crippen molar-refractivity contribution in [1.29, 1.82) is 0 Å². The average Bonchev–Trinajstić information content (AvgIpc) is 3.00. The maximum Gasteiger partial charge on any atom is 0.0534 e. The van der Waals surface area contributed by atoms with E-state index in [1.807, 2.05) is 13.0 Å². The maximum absolute atomic E-state index is 9.15. The van der Waals surface area contributed by atoms with Crippen LogP contribution in [0.2, 0.25) is 0 Å². The molecule has 0 aliphatic heterocycles. The highest BCUT2D eigenvalue weighted by Gasteiger charge is 2.29. The number of benzene rings is 1. The van der Waals surface area contributed by atoms with Crippen molar-refractivity contribution in [2.75, 3.05) is 6.61 Å². The fourth-order valence-corrected chi connectivity index (χ4v) is 2.47. The molecule has 0 unspecified atom stereocenters. The molecular formula is C12H14BrO. The quantitative estimate of drug-likeness (QED) is 0.877. The molecular weight excluding hydrogens is 240 g/mol. The number of halogens is 1. The van der Waals surface area contributed by atoms with Crippen LogP contribution in [0, 0.1) is 5.92 Å². The largest absolute Gasteiger partial charge is 0.395 e. The smallest absolute Gasteiger partial charge is 0.0534 e. The molecule has 2 rings (SSSR count). The number of rotatable bonds is 3. The third kappa shape index (κ3) is 1.86. The molecule has 1 aromatic rings. The van der Waals surface area contributed by atoms with Crippen LogP contribution in [0.5, 0.6) is 0 Å². The lowest BCUT2D eigenvalue weighted by atomic mass is 9.94. The predicted octanol–water partition coefficient (Wildman–Crippen LogP) is 3.26.